The lowest BCUT2D eigenvalue weighted by molar-refractivity contribution is -0.148. The fraction of sp³-hybridized carbons (Fsp3) is 0.240. The molecule has 32 heavy (non-hydrogen) atoms. The molecule has 0 radical (unpaired) electrons. The molecule has 0 aliphatic heterocycles. The van der Waals surface area contributed by atoms with E-state index in [9.17, 15) is 9.59 Å². The maximum Gasteiger partial charge on any atom is 0.313 e. The van der Waals surface area contributed by atoms with Crippen molar-refractivity contribution in [3.8, 4) is 5.69 Å². The third-order valence-corrected chi connectivity index (χ3v) is 5.63. The van der Waals surface area contributed by atoms with Gasteiger partial charge in [0.05, 0.1) is 28.7 Å². The average Bonchev–Trinajstić information content (AvgIpc) is 3.27. The van der Waals surface area contributed by atoms with Crippen molar-refractivity contribution in [1.29, 1.82) is 0 Å². The van der Waals surface area contributed by atoms with Crippen LogP contribution in [-0.2, 0) is 14.3 Å². The first-order chi connectivity index (χ1) is 15.4. The molecule has 164 valence electrons. The number of para-hydroxylation sites is 2. The van der Waals surface area contributed by atoms with Crippen LogP contribution in [0.25, 0.3) is 16.6 Å². The molecule has 2 heterocycles. The lowest BCUT2D eigenvalue weighted by Crippen LogP contribution is -2.23. The molecule has 0 aliphatic rings. The molecule has 7 nitrogen and oxygen atoms in total. The SMILES string of the molecule is Cc1nn(-c2ccccc2)c(C)c1NC(=O)COC(=O)C(C)c1c(C)[nH]c2ccccc12. The molecule has 1 unspecified atom stereocenters. The molecule has 0 bridgehead atoms. The largest absolute Gasteiger partial charge is 0.455 e. The van der Waals surface area contributed by atoms with Crippen molar-refractivity contribution >= 4 is 28.5 Å². The highest BCUT2D eigenvalue weighted by atomic mass is 16.5. The summed E-state index contributed by atoms with van der Waals surface area (Å²) in [6, 6.07) is 17.5. The van der Waals surface area contributed by atoms with Crippen LogP contribution in [0.5, 0.6) is 0 Å². The van der Waals surface area contributed by atoms with Crippen molar-refractivity contribution in [2.75, 3.05) is 11.9 Å². The van der Waals surface area contributed by atoms with Gasteiger partial charge in [-0.2, -0.15) is 5.10 Å². The highest BCUT2D eigenvalue weighted by molar-refractivity contribution is 5.95. The van der Waals surface area contributed by atoms with Gasteiger partial charge < -0.3 is 15.0 Å². The number of rotatable bonds is 6. The molecule has 0 saturated carbocycles. The number of anilines is 1. The number of carbonyl (C=O) groups is 2. The van der Waals surface area contributed by atoms with Crippen LogP contribution in [0.3, 0.4) is 0 Å². The molecule has 4 aromatic rings. The maximum absolute atomic E-state index is 12.7. The van der Waals surface area contributed by atoms with E-state index in [0.717, 1.165) is 33.5 Å². The van der Waals surface area contributed by atoms with Crippen LogP contribution in [0, 0.1) is 20.8 Å². The third-order valence-electron chi connectivity index (χ3n) is 5.63. The zero-order valence-corrected chi connectivity index (χ0v) is 18.6. The third kappa shape index (κ3) is 4.01. The predicted molar refractivity (Wildman–Crippen MR) is 124 cm³/mol. The summed E-state index contributed by atoms with van der Waals surface area (Å²) in [5.74, 6) is -1.34. The van der Waals surface area contributed by atoms with Gasteiger partial charge in [0.25, 0.3) is 5.91 Å². The molecule has 7 heteroatoms. The van der Waals surface area contributed by atoms with Crippen molar-refractivity contribution < 1.29 is 14.3 Å². The summed E-state index contributed by atoms with van der Waals surface area (Å²) in [6.07, 6.45) is 0. The van der Waals surface area contributed by atoms with Crippen molar-refractivity contribution in [2.45, 2.75) is 33.6 Å². The lowest BCUT2D eigenvalue weighted by atomic mass is 9.98. The predicted octanol–water partition coefficient (Wildman–Crippen LogP) is 4.56. The molecular weight excluding hydrogens is 404 g/mol. The molecule has 0 fully saturated rings. The number of esters is 1. The molecule has 0 aliphatic carbocycles. The smallest absolute Gasteiger partial charge is 0.313 e. The van der Waals surface area contributed by atoms with Gasteiger partial charge in [0, 0.05) is 16.6 Å². The molecule has 4 rings (SSSR count). The topological polar surface area (TPSA) is 89.0 Å². The van der Waals surface area contributed by atoms with Crippen LogP contribution in [0.2, 0.25) is 0 Å². The first-order valence-electron chi connectivity index (χ1n) is 10.5. The Bertz CT molecular complexity index is 1290. The Morgan fingerprint density at radius 3 is 2.50 bits per heavy atom. The minimum Gasteiger partial charge on any atom is -0.455 e. The van der Waals surface area contributed by atoms with Crippen molar-refractivity contribution in [3.05, 3.63) is 77.2 Å². The van der Waals surface area contributed by atoms with Crippen LogP contribution in [-0.4, -0.2) is 33.2 Å². The number of aromatic nitrogens is 3. The summed E-state index contributed by atoms with van der Waals surface area (Å²) in [5, 5.41) is 8.34. The number of nitrogens with one attached hydrogen (secondary N) is 2. The van der Waals surface area contributed by atoms with Gasteiger partial charge in [0.2, 0.25) is 0 Å². The molecule has 0 spiro atoms. The van der Waals surface area contributed by atoms with E-state index in [-0.39, 0.29) is 6.61 Å². The van der Waals surface area contributed by atoms with Crippen molar-refractivity contribution in [3.63, 3.8) is 0 Å². The molecule has 2 aromatic carbocycles. The van der Waals surface area contributed by atoms with Gasteiger partial charge >= 0.3 is 5.97 Å². The Hall–Kier alpha value is -3.87. The van der Waals surface area contributed by atoms with Gasteiger partial charge in [-0.3, -0.25) is 9.59 Å². The van der Waals surface area contributed by atoms with E-state index in [1.807, 2.05) is 75.4 Å². The number of hydrogen-bond donors (Lipinski definition) is 2. The van der Waals surface area contributed by atoms with E-state index in [1.54, 1.807) is 11.6 Å². The van der Waals surface area contributed by atoms with Gasteiger partial charge in [0.1, 0.15) is 0 Å². The van der Waals surface area contributed by atoms with Crippen LogP contribution < -0.4 is 5.32 Å². The summed E-state index contributed by atoms with van der Waals surface area (Å²) < 4.78 is 7.12. The Labute approximate surface area is 186 Å². The number of H-pyrrole nitrogens is 1. The Morgan fingerprint density at radius 2 is 1.75 bits per heavy atom. The van der Waals surface area contributed by atoms with Gasteiger partial charge in [-0.15, -0.1) is 0 Å². The number of benzene rings is 2. The minimum absolute atomic E-state index is 0.361. The van der Waals surface area contributed by atoms with Crippen molar-refractivity contribution in [1.82, 2.24) is 14.8 Å². The second-order valence-electron chi connectivity index (χ2n) is 7.88. The van der Waals surface area contributed by atoms with E-state index in [0.29, 0.717) is 11.4 Å². The van der Waals surface area contributed by atoms with E-state index >= 15 is 0 Å². The summed E-state index contributed by atoms with van der Waals surface area (Å²) in [5.41, 5.74) is 5.80. The molecule has 1 atom stereocenters. The number of hydrogen-bond acceptors (Lipinski definition) is 4. The number of ether oxygens (including phenoxy) is 1. The number of aromatic amines is 1. The van der Waals surface area contributed by atoms with Gasteiger partial charge in [-0.25, -0.2) is 4.68 Å². The summed E-state index contributed by atoms with van der Waals surface area (Å²) in [6.45, 7) is 7.08. The minimum atomic E-state index is -0.497. The summed E-state index contributed by atoms with van der Waals surface area (Å²) >= 11 is 0. The zero-order chi connectivity index (χ0) is 22.8. The number of amides is 1. The molecule has 0 saturated heterocycles. The number of fused-ring (bicyclic) bond motifs is 1. The van der Waals surface area contributed by atoms with E-state index in [4.69, 9.17) is 4.74 Å². The fourth-order valence-electron chi connectivity index (χ4n) is 4.06. The van der Waals surface area contributed by atoms with Crippen LogP contribution in [0.1, 0.15) is 35.5 Å². The van der Waals surface area contributed by atoms with Crippen molar-refractivity contribution in [2.24, 2.45) is 0 Å². The quantitative estimate of drug-likeness (QED) is 0.439. The number of nitrogens with zero attached hydrogens (tertiary/aromatic N) is 2. The second-order valence-corrected chi connectivity index (χ2v) is 7.88. The number of carbonyl (C=O) groups excluding carboxylic acids is 2. The van der Waals surface area contributed by atoms with Crippen LogP contribution in [0.4, 0.5) is 5.69 Å². The first kappa shape index (κ1) is 21.4. The number of aryl methyl sites for hydroxylation is 2. The standard InChI is InChI=1S/C25H26N4O3/c1-15(23-16(2)26-21-13-9-8-12-20(21)23)25(31)32-14-22(30)27-24-17(3)28-29(18(24)4)19-10-6-5-7-11-19/h5-13,15,26H,14H2,1-4H3,(H,27,30). The fourth-order valence-corrected chi connectivity index (χ4v) is 4.06. The van der Waals surface area contributed by atoms with Gasteiger partial charge in [0.15, 0.2) is 6.61 Å². The average molecular weight is 431 g/mol. The highest BCUT2D eigenvalue weighted by Crippen LogP contribution is 2.29. The normalized spacial score (nSPS) is 12.0. The molecule has 2 aromatic heterocycles. The monoisotopic (exact) mass is 430 g/mol. The summed E-state index contributed by atoms with van der Waals surface area (Å²) in [4.78, 5) is 28.5. The summed E-state index contributed by atoms with van der Waals surface area (Å²) in [7, 11) is 0. The molecule has 1 amide bonds. The van der Waals surface area contributed by atoms with Crippen LogP contribution >= 0.6 is 0 Å². The van der Waals surface area contributed by atoms with Crippen LogP contribution in [0.15, 0.2) is 54.6 Å². The van der Waals surface area contributed by atoms with E-state index in [1.165, 1.54) is 0 Å². The Kier molecular flexibility index (Phi) is 5.81. The zero-order valence-electron chi connectivity index (χ0n) is 18.6. The lowest BCUT2D eigenvalue weighted by Gasteiger charge is -2.12. The molecular formula is C25H26N4O3. The van der Waals surface area contributed by atoms with Gasteiger partial charge in [-0.1, -0.05) is 36.4 Å². The van der Waals surface area contributed by atoms with E-state index in [2.05, 4.69) is 15.4 Å². The van der Waals surface area contributed by atoms with E-state index < -0.39 is 17.8 Å². The maximum atomic E-state index is 12.7. The molecule has 2 N–H and O–H groups in total. The first-order valence-corrected chi connectivity index (χ1v) is 10.5. The Balaban J connectivity index is 1.43. The van der Waals surface area contributed by atoms with Gasteiger partial charge in [-0.05, 0) is 51.5 Å². The highest BCUT2D eigenvalue weighted by Gasteiger charge is 2.24. The second kappa shape index (κ2) is 8.70. The Morgan fingerprint density at radius 1 is 1.06 bits per heavy atom.